The van der Waals surface area contributed by atoms with Crippen molar-refractivity contribution in [1.29, 1.82) is 0 Å². The van der Waals surface area contributed by atoms with E-state index in [0.717, 1.165) is 70.6 Å². The number of esters is 1. The Kier molecular flexibility index (Phi) is 50.6. The molecule has 0 rings (SSSR count). The van der Waals surface area contributed by atoms with Gasteiger partial charge < -0.3 is 20.3 Å². The maximum absolute atomic E-state index is 12.5. The molecule has 0 saturated heterocycles. The number of allylic oxidation sites excluding steroid dienone is 4. The lowest BCUT2D eigenvalue weighted by Crippen LogP contribution is -2.45. The molecular weight excluding hydrogens is 767 g/mol. The SMILES string of the molecule is CCCCC/C=C\C/C=C\CCCCCCCC(=O)OCCCCCCCCCCCC(=O)NC(CO)C(O)CCCCCCCCCCCCCCCCCCCCCCC. The Balaban J connectivity index is 3.49. The number of rotatable bonds is 51. The predicted molar refractivity (Wildman–Crippen MR) is 269 cm³/mol. The summed E-state index contributed by atoms with van der Waals surface area (Å²) in [6, 6.07) is -0.563. The van der Waals surface area contributed by atoms with E-state index in [9.17, 15) is 19.8 Å². The van der Waals surface area contributed by atoms with Gasteiger partial charge in [0.2, 0.25) is 5.91 Å². The third kappa shape index (κ3) is 47.8. The molecule has 0 aromatic heterocycles. The average molecular weight is 874 g/mol. The smallest absolute Gasteiger partial charge is 0.305 e. The molecule has 0 aliphatic heterocycles. The highest BCUT2D eigenvalue weighted by Gasteiger charge is 2.20. The largest absolute Gasteiger partial charge is 0.466 e. The summed E-state index contributed by atoms with van der Waals surface area (Å²) in [4.78, 5) is 24.5. The van der Waals surface area contributed by atoms with Crippen molar-refractivity contribution >= 4 is 11.9 Å². The van der Waals surface area contributed by atoms with E-state index in [0.29, 0.717) is 25.9 Å². The number of hydrogen-bond acceptors (Lipinski definition) is 5. The third-order valence-electron chi connectivity index (χ3n) is 12.8. The van der Waals surface area contributed by atoms with Crippen molar-refractivity contribution in [3.05, 3.63) is 24.3 Å². The van der Waals surface area contributed by atoms with Crippen LogP contribution in [0.2, 0.25) is 0 Å². The van der Waals surface area contributed by atoms with Gasteiger partial charge in [-0.1, -0.05) is 250 Å². The van der Waals surface area contributed by atoms with Gasteiger partial charge in [-0.2, -0.15) is 0 Å². The van der Waals surface area contributed by atoms with Crippen LogP contribution in [0.25, 0.3) is 0 Å². The Bertz CT molecular complexity index is 966. The lowest BCUT2D eigenvalue weighted by atomic mass is 10.0. The lowest BCUT2D eigenvalue weighted by Gasteiger charge is -2.22. The highest BCUT2D eigenvalue weighted by molar-refractivity contribution is 5.76. The zero-order valence-electron chi connectivity index (χ0n) is 41.6. The molecule has 0 radical (unpaired) electrons. The van der Waals surface area contributed by atoms with Crippen molar-refractivity contribution in [2.45, 2.75) is 309 Å². The van der Waals surface area contributed by atoms with E-state index in [1.165, 1.54) is 193 Å². The molecule has 0 spiro atoms. The second-order valence-corrected chi connectivity index (χ2v) is 18.9. The second-order valence-electron chi connectivity index (χ2n) is 18.9. The summed E-state index contributed by atoms with van der Waals surface area (Å²) in [6.45, 7) is 4.87. The Labute approximate surface area is 386 Å². The van der Waals surface area contributed by atoms with Crippen LogP contribution in [0.15, 0.2) is 24.3 Å². The van der Waals surface area contributed by atoms with Gasteiger partial charge in [0.05, 0.1) is 25.4 Å². The molecule has 366 valence electrons. The first-order valence-corrected chi connectivity index (χ1v) is 27.6. The molecular formula is C56H107NO5. The number of aliphatic hydroxyl groups is 2. The number of carbonyl (C=O) groups is 2. The zero-order valence-corrected chi connectivity index (χ0v) is 41.6. The number of carbonyl (C=O) groups excluding carboxylic acids is 2. The fourth-order valence-corrected chi connectivity index (χ4v) is 8.49. The van der Waals surface area contributed by atoms with Crippen LogP contribution < -0.4 is 5.32 Å². The fourth-order valence-electron chi connectivity index (χ4n) is 8.49. The van der Waals surface area contributed by atoms with Gasteiger partial charge in [0.15, 0.2) is 0 Å². The standard InChI is InChI=1S/C56H107NO5/c1-3-5-7-9-11-13-15-17-19-20-21-22-23-24-26-27-29-32-36-40-44-48-54(59)53(52-58)57-55(60)49-45-41-37-33-31-35-39-43-47-51-62-56(61)50-46-42-38-34-30-28-25-18-16-14-12-10-8-6-4-2/h12,14,18,25,53-54,58-59H,3-11,13,15-17,19-24,26-52H2,1-2H3,(H,57,60)/b14-12-,25-18-. The quantitative estimate of drug-likeness (QED) is 0.0321. The molecule has 6 heteroatoms. The molecule has 0 bridgehead atoms. The van der Waals surface area contributed by atoms with Gasteiger partial charge in [-0.15, -0.1) is 0 Å². The molecule has 0 heterocycles. The Morgan fingerprint density at radius 2 is 0.806 bits per heavy atom. The van der Waals surface area contributed by atoms with E-state index in [1.807, 2.05) is 0 Å². The maximum atomic E-state index is 12.5. The van der Waals surface area contributed by atoms with Crippen LogP contribution in [0.1, 0.15) is 296 Å². The minimum Gasteiger partial charge on any atom is -0.466 e. The zero-order chi connectivity index (χ0) is 45.1. The summed E-state index contributed by atoms with van der Waals surface area (Å²) in [5, 5.41) is 23.3. The molecule has 0 aliphatic carbocycles. The van der Waals surface area contributed by atoms with E-state index < -0.39 is 12.1 Å². The molecule has 2 atom stereocenters. The van der Waals surface area contributed by atoms with E-state index in [1.54, 1.807) is 0 Å². The van der Waals surface area contributed by atoms with Gasteiger partial charge in [-0.3, -0.25) is 9.59 Å². The van der Waals surface area contributed by atoms with Gasteiger partial charge in [0.25, 0.3) is 0 Å². The summed E-state index contributed by atoms with van der Waals surface area (Å²) < 4.78 is 5.45. The van der Waals surface area contributed by atoms with Gasteiger partial charge in [0.1, 0.15) is 0 Å². The predicted octanol–water partition coefficient (Wildman–Crippen LogP) is 16.7. The summed E-state index contributed by atoms with van der Waals surface area (Å²) in [6.07, 6.45) is 61.5. The number of ether oxygens (including phenoxy) is 1. The minimum absolute atomic E-state index is 0.0382. The van der Waals surface area contributed by atoms with Crippen LogP contribution in [0.3, 0.4) is 0 Å². The Morgan fingerprint density at radius 3 is 1.26 bits per heavy atom. The van der Waals surface area contributed by atoms with E-state index in [4.69, 9.17) is 4.74 Å². The number of nitrogens with one attached hydrogen (secondary N) is 1. The first-order valence-electron chi connectivity index (χ1n) is 27.6. The summed E-state index contributed by atoms with van der Waals surface area (Å²) >= 11 is 0. The van der Waals surface area contributed by atoms with E-state index in [-0.39, 0.29) is 18.5 Å². The molecule has 0 fully saturated rings. The molecule has 62 heavy (non-hydrogen) atoms. The first-order chi connectivity index (χ1) is 30.5. The number of amides is 1. The molecule has 0 saturated carbocycles. The second kappa shape index (κ2) is 52.0. The molecule has 0 aliphatic rings. The lowest BCUT2D eigenvalue weighted by molar-refractivity contribution is -0.143. The number of unbranched alkanes of at least 4 members (excludes halogenated alkanes) is 36. The third-order valence-corrected chi connectivity index (χ3v) is 12.8. The Morgan fingerprint density at radius 1 is 0.452 bits per heavy atom. The normalized spacial score (nSPS) is 12.8. The maximum Gasteiger partial charge on any atom is 0.305 e. The Hall–Kier alpha value is -1.66. The molecule has 3 N–H and O–H groups in total. The van der Waals surface area contributed by atoms with Crippen LogP contribution in [-0.4, -0.2) is 47.4 Å². The van der Waals surface area contributed by atoms with E-state index in [2.05, 4.69) is 43.5 Å². The molecule has 0 aromatic rings. The van der Waals surface area contributed by atoms with Crippen molar-refractivity contribution in [1.82, 2.24) is 5.32 Å². The van der Waals surface area contributed by atoms with Crippen LogP contribution in [0, 0.1) is 0 Å². The highest BCUT2D eigenvalue weighted by Crippen LogP contribution is 2.17. The molecule has 6 nitrogen and oxygen atoms in total. The topological polar surface area (TPSA) is 95.9 Å². The van der Waals surface area contributed by atoms with E-state index >= 15 is 0 Å². The average Bonchev–Trinajstić information content (AvgIpc) is 3.27. The number of aliphatic hydroxyl groups excluding tert-OH is 2. The molecule has 0 aromatic carbocycles. The fraction of sp³-hybridized carbons (Fsp3) is 0.893. The van der Waals surface area contributed by atoms with Gasteiger partial charge in [-0.25, -0.2) is 0 Å². The van der Waals surface area contributed by atoms with Crippen molar-refractivity contribution in [3.8, 4) is 0 Å². The molecule has 2 unspecified atom stereocenters. The number of hydrogen-bond donors (Lipinski definition) is 3. The van der Waals surface area contributed by atoms with Gasteiger partial charge in [0, 0.05) is 12.8 Å². The highest BCUT2D eigenvalue weighted by atomic mass is 16.5. The minimum atomic E-state index is -0.683. The monoisotopic (exact) mass is 874 g/mol. The van der Waals surface area contributed by atoms with Crippen LogP contribution in [0.4, 0.5) is 0 Å². The summed E-state index contributed by atoms with van der Waals surface area (Å²) in [5.41, 5.74) is 0. The van der Waals surface area contributed by atoms with Crippen LogP contribution >= 0.6 is 0 Å². The van der Waals surface area contributed by atoms with Gasteiger partial charge >= 0.3 is 5.97 Å². The molecule has 1 amide bonds. The first kappa shape index (κ1) is 60.3. The van der Waals surface area contributed by atoms with Crippen LogP contribution in [-0.2, 0) is 14.3 Å². The van der Waals surface area contributed by atoms with Crippen molar-refractivity contribution < 1.29 is 24.5 Å². The van der Waals surface area contributed by atoms with Crippen molar-refractivity contribution in [2.24, 2.45) is 0 Å². The van der Waals surface area contributed by atoms with Gasteiger partial charge in [-0.05, 0) is 57.8 Å². The van der Waals surface area contributed by atoms with Crippen LogP contribution in [0.5, 0.6) is 0 Å². The van der Waals surface area contributed by atoms with Crippen molar-refractivity contribution in [2.75, 3.05) is 13.2 Å². The van der Waals surface area contributed by atoms with Crippen molar-refractivity contribution in [3.63, 3.8) is 0 Å². The summed E-state index contributed by atoms with van der Waals surface area (Å²) in [5.74, 6) is -0.0997. The summed E-state index contributed by atoms with van der Waals surface area (Å²) in [7, 11) is 0.